The normalized spacial score (nSPS) is 18.2. The van der Waals surface area contributed by atoms with Crippen LogP contribution in [0.1, 0.15) is 0 Å². The SMILES string of the molecule is COc1cc2c(-c3cnn4cc(N5CCN(C6CN(C)C6)CC5)cnc34)ccnc2cc1F. The summed E-state index contributed by atoms with van der Waals surface area (Å²) in [5.41, 5.74) is 4.17. The summed E-state index contributed by atoms with van der Waals surface area (Å²) >= 11 is 0. The van der Waals surface area contributed by atoms with Gasteiger partial charge in [0, 0.05) is 68.5 Å². The van der Waals surface area contributed by atoms with Crippen molar-refractivity contribution in [2.45, 2.75) is 6.04 Å². The van der Waals surface area contributed by atoms with E-state index in [1.165, 1.54) is 26.3 Å². The molecule has 2 saturated heterocycles. The number of anilines is 1. The summed E-state index contributed by atoms with van der Waals surface area (Å²) in [5, 5.41) is 5.38. The molecule has 8 nitrogen and oxygen atoms in total. The average molecular weight is 448 g/mol. The highest BCUT2D eigenvalue weighted by Gasteiger charge is 2.31. The number of piperazine rings is 1. The summed E-state index contributed by atoms with van der Waals surface area (Å²) in [5.74, 6) is -0.238. The van der Waals surface area contributed by atoms with E-state index >= 15 is 0 Å². The number of fused-ring (bicyclic) bond motifs is 2. The predicted octanol–water partition coefficient (Wildman–Crippen LogP) is 2.53. The van der Waals surface area contributed by atoms with Crippen molar-refractivity contribution in [3.05, 3.63) is 48.8 Å². The van der Waals surface area contributed by atoms with E-state index in [2.05, 4.69) is 31.8 Å². The van der Waals surface area contributed by atoms with Gasteiger partial charge in [-0.1, -0.05) is 0 Å². The number of likely N-dealkylation sites (N-methyl/N-ethyl adjacent to an activating group) is 1. The lowest BCUT2D eigenvalue weighted by Crippen LogP contribution is -2.62. The van der Waals surface area contributed by atoms with Gasteiger partial charge in [-0.2, -0.15) is 5.10 Å². The monoisotopic (exact) mass is 447 g/mol. The van der Waals surface area contributed by atoms with E-state index < -0.39 is 5.82 Å². The Morgan fingerprint density at radius 2 is 1.85 bits per heavy atom. The molecule has 0 atom stereocenters. The third kappa shape index (κ3) is 3.48. The van der Waals surface area contributed by atoms with E-state index in [1.807, 2.05) is 29.2 Å². The maximum absolute atomic E-state index is 14.2. The minimum atomic E-state index is -0.429. The van der Waals surface area contributed by atoms with Gasteiger partial charge < -0.3 is 14.5 Å². The third-order valence-electron chi connectivity index (χ3n) is 6.89. The van der Waals surface area contributed by atoms with Crippen LogP contribution in [0.5, 0.6) is 5.75 Å². The summed E-state index contributed by atoms with van der Waals surface area (Å²) in [6, 6.07) is 5.69. The van der Waals surface area contributed by atoms with Gasteiger partial charge in [-0.15, -0.1) is 0 Å². The van der Waals surface area contributed by atoms with Crippen LogP contribution in [0.15, 0.2) is 43.0 Å². The maximum Gasteiger partial charge on any atom is 0.167 e. The van der Waals surface area contributed by atoms with E-state index in [4.69, 9.17) is 9.72 Å². The molecule has 5 heterocycles. The summed E-state index contributed by atoms with van der Waals surface area (Å²) < 4.78 is 21.2. The molecule has 33 heavy (non-hydrogen) atoms. The van der Waals surface area contributed by atoms with Crippen molar-refractivity contribution < 1.29 is 9.13 Å². The maximum atomic E-state index is 14.2. The zero-order chi connectivity index (χ0) is 22.5. The van der Waals surface area contributed by atoms with Gasteiger partial charge in [0.1, 0.15) is 0 Å². The quantitative estimate of drug-likeness (QED) is 0.476. The molecule has 0 saturated carbocycles. The van der Waals surface area contributed by atoms with Gasteiger partial charge in [-0.05, 0) is 24.7 Å². The average Bonchev–Trinajstić information content (AvgIpc) is 3.24. The fourth-order valence-corrected chi connectivity index (χ4v) is 5.00. The molecule has 0 amide bonds. The Balaban J connectivity index is 1.29. The van der Waals surface area contributed by atoms with Gasteiger partial charge in [-0.25, -0.2) is 13.9 Å². The van der Waals surface area contributed by atoms with Crippen molar-refractivity contribution in [3.8, 4) is 16.9 Å². The van der Waals surface area contributed by atoms with E-state index in [9.17, 15) is 4.39 Å². The first-order valence-corrected chi connectivity index (χ1v) is 11.2. The molecule has 0 N–H and O–H groups in total. The van der Waals surface area contributed by atoms with E-state index in [-0.39, 0.29) is 5.75 Å². The lowest BCUT2D eigenvalue weighted by molar-refractivity contribution is 0.0487. The van der Waals surface area contributed by atoms with Gasteiger partial charge in [-0.3, -0.25) is 9.88 Å². The van der Waals surface area contributed by atoms with Crippen LogP contribution in [-0.2, 0) is 0 Å². The molecular formula is C24H26FN7O. The molecule has 170 valence electrons. The van der Waals surface area contributed by atoms with E-state index in [0.717, 1.165) is 54.0 Å². The van der Waals surface area contributed by atoms with Gasteiger partial charge in [0.2, 0.25) is 0 Å². The number of aromatic nitrogens is 4. The van der Waals surface area contributed by atoms with Gasteiger partial charge in [0.05, 0.1) is 36.9 Å². The summed E-state index contributed by atoms with van der Waals surface area (Å²) in [7, 11) is 3.64. The van der Waals surface area contributed by atoms with Crippen LogP contribution in [0.3, 0.4) is 0 Å². The second-order valence-electron chi connectivity index (χ2n) is 8.90. The van der Waals surface area contributed by atoms with Crippen LogP contribution in [0.2, 0.25) is 0 Å². The summed E-state index contributed by atoms with van der Waals surface area (Å²) in [4.78, 5) is 16.4. The zero-order valence-electron chi connectivity index (χ0n) is 18.8. The lowest BCUT2D eigenvalue weighted by atomic mass is 10.0. The Hall–Kier alpha value is -3.30. The van der Waals surface area contributed by atoms with Crippen LogP contribution in [-0.4, -0.2) is 88.8 Å². The lowest BCUT2D eigenvalue weighted by Gasteiger charge is -2.47. The number of pyridine rings is 1. The van der Waals surface area contributed by atoms with Crippen molar-refractivity contribution in [2.24, 2.45) is 0 Å². The highest BCUT2D eigenvalue weighted by atomic mass is 19.1. The van der Waals surface area contributed by atoms with Crippen LogP contribution < -0.4 is 9.64 Å². The number of nitrogens with zero attached hydrogens (tertiary/aromatic N) is 7. The Labute approximate surface area is 191 Å². The third-order valence-corrected chi connectivity index (χ3v) is 6.89. The number of halogens is 1. The van der Waals surface area contributed by atoms with Crippen molar-refractivity contribution in [2.75, 3.05) is 58.3 Å². The molecule has 6 rings (SSSR count). The van der Waals surface area contributed by atoms with E-state index in [1.54, 1.807) is 12.3 Å². The van der Waals surface area contributed by atoms with Crippen LogP contribution in [0.4, 0.5) is 10.1 Å². The minimum Gasteiger partial charge on any atom is -0.494 e. The Morgan fingerprint density at radius 3 is 2.61 bits per heavy atom. The Morgan fingerprint density at radius 1 is 1.03 bits per heavy atom. The molecule has 2 aliphatic heterocycles. The van der Waals surface area contributed by atoms with Gasteiger partial charge in [0.25, 0.3) is 0 Å². The highest BCUT2D eigenvalue weighted by molar-refractivity contribution is 5.98. The fraction of sp³-hybridized carbons (Fsp3) is 0.375. The number of methoxy groups -OCH3 is 1. The minimum absolute atomic E-state index is 0.191. The molecule has 9 heteroatoms. The topological polar surface area (TPSA) is 62.0 Å². The second kappa shape index (κ2) is 7.93. The molecule has 0 unspecified atom stereocenters. The fourth-order valence-electron chi connectivity index (χ4n) is 5.00. The number of ether oxygens (including phenoxy) is 1. The van der Waals surface area contributed by atoms with Crippen LogP contribution >= 0.6 is 0 Å². The second-order valence-corrected chi connectivity index (χ2v) is 8.90. The smallest absolute Gasteiger partial charge is 0.167 e. The molecular weight excluding hydrogens is 421 g/mol. The molecule has 0 spiro atoms. The molecule has 4 aromatic rings. The zero-order valence-corrected chi connectivity index (χ0v) is 18.8. The number of hydrogen-bond donors (Lipinski definition) is 0. The number of benzene rings is 1. The summed E-state index contributed by atoms with van der Waals surface area (Å²) in [6.45, 7) is 6.46. The van der Waals surface area contributed by atoms with Gasteiger partial charge >= 0.3 is 0 Å². The van der Waals surface area contributed by atoms with Crippen molar-refractivity contribution >= 4 is 22.2 Å². The van der Waals surface area contributed by atoms with E-state index in [0.29, 0.717) is 11.6 Å². The largest absolute Gasteiger partial charge is 0.494 e. The van der Waals surface area contributed by atoms with Crippen molar-refractivity contribution in [1.29, 1.82) is 0 Å². The predicted molar refractivity (Wildman–Crippen MR) is 125 cm³/mol. The molecule has 0 aliphatic carbocycles. The first-order chi connectivity index (χ1) is 16.1. The number of likely N-dealkylation sites (tertiary alicyclic amines) is 1. The molecule has 0 bridgehead atoms. The molecule has 3 aromatic heterocycles. The number of hydrogen-bond acceptors (Lipinski definition) is 7. The Kier molecular flexibility index (Phi) is 4.88. The molecule has 0 radical (unpaired) electrons. The standard InChI is InChI=1S/C24H26FN7O/c1-29-13-17(14-29)31-7-5-30(6-8-31)16-11-27-24-20(12-28-32(24)15-16)18-3-4-26-22-10-21(25)23(33-2)9-19(18)22/h3-4,9-12,15,17H,5-8,13-14H2,1-2H3. The first kappa shape index (κ1) is 20.3. The Bertz CT molecular complexity index is 1330. The first-order valence-electron chi connectivity index (χ1n) is 11.2. The molecule has 1 aromatic carbocycles. The van der Waals surface area contributed by atoms with Crippen LogP contribution in [0.25, 0.3) is 27.7 Å². The summed E-state index contributed by atoms with van der Waals surface area (Å²) in [6.07, 6.45) is 7.46. The van der Waals surface area contributed by atoms with Crippen molar-refractivity contribution in [1.82, 2.24) is 29.4 Å². The highest BCUT2D eigenvalue weighted by Crippen LogP contribution is 2.33. The van der Waals surface area contributed by atoms with Crippen molar-refractivity contribution in [3.63, 3.8) is 0 Å². The molecule has 2 aliphatic rings. The van der Waals surface area contributed by atoms with Gasteiger partial charge in [0.15, 0.2) is 17.2 Å². The van der Waals surface area contributed by atoms with Crippen LogP contribution in [0, 0.1) is 5.82 Å². The molecule has 2 fully saturated rings. The number of rotatable bonds is 4.